The van der Waals surface area contributed by atoms with Crippen molar-refractivity contribution in [2.24, 2.45) is 0 Å². The summed E-state index contributed by atoms with van der Waals surface area (Å²) in [5.41, 5.74) is 0.858. The van der Waals surface area contributed by atoms with Crippen LogP contribution in [-0.4, -0.2) is 29.3 Å². The van der Waals surface area contributed by atoms with E-state index in [1.165, 1.54) is 14.2 Å². The summed E-state index contributed by atoms with van der Waals surface area (Å²) in [6.45, 7) is 0. The van der Waals surface area contributed by atoms with Gasteiger partial charge < -0.3 is 14.6 Å². The predicted molar refractivity (Wildman–Crippen MR) is 66.0 cm³/mol. The Morgan fingerprint density at radius 1 is 1.11 bits per heavy atom. The monoisotopic (exact) mass is 246 g/mol. The molecule has 0 saturated heterocycles. The number of aromatic hydroxyl groups is 1. The van der Waals surface area contributed by atoms with E-state index in [1.54, 1.807) is 30.6 Å². The van der Waals surface area contributed by atoms with Crippen LogP contribution >= 0.6 is 0 Å². The summed E-state index contributed by atoms with van der Waals surface area (Å²) in [5, 5.41) is 9.84. The first kappa shape index (κ1) is 12.2. The van der Waals surface area contributed by atoms with E-state index in [9.17, 15) is 5.11 Å². The molecule has 0 bridgehead atoms. The van der Waals surface area contributed by atoms with Gasteiger partial charge in [0, 0.05) is 18.8 Å². The van der Waals surface area contributed by atoms with Gasteiger partial charge in [0.1, 0.15) is 5.82 Å². The summed E-state index contributed by atoms with van der Waals surface area (Å²) in [4.78, 5) is 8.27. The van der Waals surface area contributed by atoms with Crippen molar-refractivity contribution in [3.8, 4) is 17.2 Å². The number of hydrogen-bond acceptors (Lipinski definition) is 5. The van der Waals surface area contributed by atoms with Crippen LogP contribution in [0.3, 0.4) is 0 Å². The van der Waals surface area contributed by atoms with Gasteiger partial charge in [0.2, 0.25) is 5.75 Å². The molecule has 0 amide bonds. The quantitative estimate of drug-likeness (QED) is 0.891. The molecular formula is C13H14N2O3. The molecule has 1 heterocycles. The number of hydrogen-bond donors (Lipinski definition) is 1. The highest BCUT2D eigenvalue weighted by molar-refractivity contribution is 5.53. The van der Waals surface area contributed by atoms with Gasteiger partial charge in [-0.3, -0.25) is 0 Å². The Morgan fingerprint density at radius 3 is 2.44 bits per heavy atom. The van der Waals surface area contributed by atoms with E-state index in [1.807, 2.05) is 0 Å². The van der Waals surface area contributed by atoms with Gasteiger partial charge in [-0.05, 0) is 23.8 Å². The van der Waals surface area contributed by atoms with Gasteiger partial charge in [0.25, 0.3) is 0 Å². The number of phenolic OH excluding ortho intramolecular Hbond substituents is 1. The molecule has 0 radical (unpaired) electrons. The third kappa shape index (κ3) is 2.51. The van der Waals surface area contributed by atoms with Crippen LogP contribution in [-0.2, 0) is 6.42 Å². The molecule has 5 heteroatoms. The SMILES string of the molecule is COc1cc(Cc2ncccn2)cc(O)c1OC. The van der Waals surface area contributed by atoms with Crippen LogP contribution in [0.5, 0.6) is 17.2 Å². The standard InChI is InChI=1S/C13H14N2O3/c1-17-11-7-9(6-10(16)13(11)18-2)8-12-14-4-3-5-15-12/h3-7,16H,8H2,1-2H3. The predicted octanol–water partition coefficient (Wildman–Crippen LogP) is 1.79. The smallest absolute Gasteiger partial charge is 0.203 e. The van der Waals surface area contributed by atoms with Gasteiger partial charge in [-0.2, -0.15) is 0 Å². The third-order valence-electron chi connectivity index (χ3n) is 2.50. The molecule has 0 atom stereocenters. The number of methoxy groups -OCH3 is 2. The summed E-state index contributed by atoms with van der Waals surface area (Å²) >= 11 is 0. The highest BCUT2D eigenvalue weighted by atomic mass is 16.5. The van der Waals surface area contributed by atoms with Gasteiger partial charge >= 0.3 is 0 Å². The maximum Gasteiger partial charge on any atom is 0.203 e. The Bertz CT molecular complexity index is 529. The van der Waals surface area contributed by atoms with E-state index in [0.717, 1.165) is 5.56 Å². The van der Waals surface area contributed by atoms with Gasteiger partial charge in [-0.25, -0.2) is 9.97 Å². The molecule has 1 N–H and O–H groups in total. The number of aromatic nitrogens is 2. The van der Waals surface area contributed by atoms with Crippen LogP contribution in [0.25, 0.3) is 0 Å². The molecular weight excluding hydrogens is 232 g/mol. The molecule has 0 aliphatic carbocycles. The average molecular weight is 246 g/mol. The number of ether oxygens (including phenoxy) is 2. The normalized spacial score (nSPS) is 10.1. The molecule has 1 aromatic heterocycles. The minimum atomic E-state index is 0.0442. The third-order valence-corrected chi connectivity index (χ3v) is 2.50. The van der Waals surface area contributed by atoms with E-state index in [4.69, 9.17) is 9.47 Å². The fourth-order valence-corrected chi connectivity index (χ4v) is 1.71. The molecule has 0 aliphatic heterocycles. The van der Waals surface area contributed by atoms with Crippen LogP contribution in [0, 0.1) is 0 Å². The first-order chi connectivity index (χ1) is 8.74. The minimum absolute atomic E-state index is 0.0442. The van der Waals surface area contributed by atoms with E-state index >= 15 is 0 Å². The van der Waals surface area contributed by atoms with E-state index < -0.39 is 0 Å². The summed E-state index contributed by atoms with van der Waals surface area (Å²) in [5.74, 6) is 1.55. The number of rotatable bonds is 4. The highest BCUT2D eigenvalue weighted by Gasteiger charge is 2.12. The zero-order chi connectivity index (χ0) is 13.0. The summed E-state index contributed by atoms with van der Waals surface area (Å²) < 4.78 is 10.2. The van der Waals surface area contributed by atoms with E-state index in [-0.39, 0.29) is 5.75 Å². The molecule has 18 heavy (non-hydrogen) atoms. The van der Waals surface area contributed by atoms with Crippen molar-refractivity contribution in [1.82, 2.24) is 9.97 Å². The fraction of sp³-hybridized carbons (Fsp3) is 0.231. The molecule has 2 rings (SSSR count). The summed E-state index contributed by atoms with van der Waals surface area (Å²) in [6.07, 6.45) is 3.89. The second kappa shape index (κ2) is 5.35. The fourth-order valence-electron chi connectivity index (χ4n) is 1.71. The lowest BCUT2D eigenvalue weighted by Gasteiger charge is -2.11. The lowest BCUT2D eigenvalue weighted by Crippen LogP contribution is -1.97. The number of nitrogens with zero attached hydrogens (tertiary/aromatic N) is 2. The Morgan fingerprint density at radius 2 is 1.83 bits per heavy atom. The maximum absolute atomic E-state index is 9.84. The Balaban J connectivity index is 2.32. The van der Waals surface area contributed by atoms with Crippen molar-refractivity contribution in [3.05, 3.63) is 42.0 Å². The Kier molecular flexibility index (Phi) is 3.62. The van der Waals surface area contributed by atoms with Crippen molar-refractivity contribution in [1.29, 1.82) is 0 Å². The topological polar surface area (TPSA) is 64.5 Å². The number of phenols is 1. The summed E-state index contributed by atoms with van der Waals surface area (Å²) in [7, 11) is 3.01. The average Bonchev–Trinajstić information content (AvgIpc) is 2.39. The zero-order valence-electron chi connectivity index (χ0n) is 10.3. The molecule has 94 valence electrons. The number of benzene rings is 1. The molecule has 0 fully saturated rings. The highest BCUT2D eigenvalue weighted by Crippen LogP contribution is 2.37. The first-order valence-corrected chi connectivity index (χ1v) is 5.44. The molecule has 0 unspecified atom stereocenters. The van der Waals surface area contributed by atoms with Crippen molar-refractivity contribution in [2.75, 3.05) is 14.2 Å². The van der Waals surface area contributed by atoms with Crippen LogP contribution < -0.4 is 9.47 Å². The van der Waals surface area contributed by atoms with Gasteiger partial charge in [0.05, 0.1) is 14.2 Å². The van der Waals surface area contributed by atoms with E-state index in [2.05, 4.69) is 9.97 Å². The van der Waals surface area contributed by atoms with Gasteiger partial charge in [0.15, 0.2) is 11.5 Å². The molecule has 1 aromatic carbocycles. The Hall–Kier alpha value is -2.30. The lowest BCUT2D eigenvalue weighted by molar-refractivity contribution is 0.332. The molecule has 0 spiro atoms. The van der Waals surface area contributed by atoms with Crippen molar-refractivity contribution >= 4 is 0 Å². The second-order valence-electron chi connectivity index (χ2n) is 3.69. The minimum Gasteiger partial charge on any atom is -0.504 e. The van der Waals surface area contributed by atoms with E-state index in [0.29, 0.717) is 23.7 Å². The molecule has 0 aliphatic rings. The first-order valence-electron chi connectivity index (χ1n) is 5.44. The summed E-state index contributed by atoms with van der Waals surface area (Å²) in [6, 6.07) is 5.18. The van der Waals surface area contributed by atoms with Crippen molar-refractivity contribution < 1.29 is 14.6 Å². The van der Waals surface area contributed by atoms with Gasteiger partial charge in [-0.1, -0.05) is 0 Å². The van der Waals surface area contributed by atoms with Crippen molar-refractivity contribution in [2.45, 2.75) is 6.42 Å². The van der Waals surface area contributed by atoms with Crippen LogP contribution in [0.2, 0.25) is 0 Å². The van der Waals surface area contributed by atoms with Crippen LogP contribution in [0.15, 0.2) is 30.6 Å². The zero-order valence-corrected chi connectivity index (χ0v) is 10.3. The van der Waals surface area contributed by atoms with Gasteiger partial charge in [-0.15, -0.1) is 0 Å². The second-order valence-corrected chi connectivity index (χ2v) is 3.69. The van der Waals surface area contributed by atoms with Crippen LogP contribution in [0.1, 0.15) is 11.4 Å². The van der Waals surface area contributed by atoms with Crippen LogP contribution in [0.4, 0.5) is 0 Å². The molecule has 2 aromatic rings. The lowest BCUT2D eigenvalue weighted by atomic mass is 10.1. The Labute approximate surface area is 105 Å². The maximum atomic E-state index is 9.84. The molecule has 5 nitrogen and oxygen atoms in total. The largest absolute Gasteiger partial charge is 0.504 e. The molecule has 0 saturated carbocycles. The van der Waals surface area contributed by atoms with Crippen molar-refractivity contribution in [3.63, 3.8) is 0 Å².